The van der Waals surface area contributed by atoms with Crippen LogP contribution >= 0.6 is 11.3 Å². The van der Waals surface area contributed by atoms with Crippen LogP contribution in [0.2, 0.25) is 0 Å². The van der Waals surface area contributed by atoms with Crippen molar-refractivity contribution in [3.63, 3.8) is 0 Å². The van der Waals surface area contributed by atoms with Crippen molar-refractivity contribution < 1.29 is 4.79 Å². The Kier molecular flexibility index (Phi) is 5.00. The van der Waals surface area contributed by atoms with E-state index in [4.69, 9.17) is 10.7 Å². The molecule has 0 radical (unpaired) electrons. The molecule has 3 aromatic rings. The summed E-state index contributed by atoms with van der Waals surface area (Å²) in [5.74, 6) is 0.512. The lowest BCUT2D eigenvalue weighted by Crippen LogP contribution is -2.47. The van der Waals surface area contributed by atoms with Crippen LogP contribution in [0.4, 0.5) is 0 Å². The number of aromatic nitrogens is 1. The van der Waals surface area contributed by atoms with Crippen LogP contribution in [0.1, 0.15) is 29.3 Å². The smallest absolute Gasteiger partial charge is 0.239 e. The van der Waals surface area contributed by atoms with E-state index >= 15 is 0 Å². The second-order valence-electron chi connectivity index (χ2n) is 6.92. The van der Waals surface area contributed by atoms with Crippen molar-refractivity contribution in [2.45, 2.75) is 31.2 Å². The van der Waals surface area contributed by atoms with Crippen LogP contribution in [0.25, 0.3) is 10.2 Å². The highest BCUT2D eigenvalue weighted by Crippen LogP contribution is 2.33. The zero-order chi connectivity index (χ0) is 17.9. The van der Waals surface area contributed by atoms with E-state index in [2.05, 4.69) is 18.2 Å². The summed E-state index contributed by atoms with van der Waals surface area (Å²) in [6.07, 6.45) is 2.52. The standard InChI is InChI=1S/C21H23N3OS/c22-17(14-15-6-2-1-3-7-15)21(25)24-12-10-16(11-13-24)20-23-18-8-4-5-9-19(18)26-20/h1-9,16-17H,10-14,22H2. The first-order valence-corrected chi connectivity index (χ1v) is 9.96. The molecule has 1 fully saturated rings. The summed E-state index contributed by atoms with van der Waals surface area (Å²) in [7, 11) is 0. The lowest BCUT2D eigenvalue weighted by molar-refractivity contribution is -0.133. The van der Waals surface area contributed by atoms with E-state index in [1.165, 1.54) is 9.71 Å². The van der Waals surface area contributed by atoms with Crippen LogP contribution in [0.5, 0.6) is 0 Å². The molecule has 1 saturated heterocycles. The maximum Gasteiger partial charge on any atom is 0.239 e. The molecule has 0 saturated carbocycles. The summed E-state index contributed by atoms with van der Waals surface area (Å²) in [6, 6.07) is 17.8. The molecule has 1 aliphatic rings. The summed E-state index contributed by atoms with van der Waals surface area (Å²) in [5, 5.41) is 1.20. The van der Waals surface area contributed by atoms with E-state index < -0.39 is 6.04 Å². The van der Waals surface area contributed by atoms with Gasteiger partial charge in [0.2, 0.25) is 5.91 Å². The molecule has 1 unspecified atom stereocenters. The normalized spacial score (nSPS) is 16.7. The van der Waals surface area contributed by atoms with Gasteiger partial charge in [-0.3, -0.25) is 4.79 Å². The molecule has 2 aromatic carbocycles. The topological polar surface area (TPSA) is 59.2 Å². The van der Waals surface area contributed by atoms with Crippen molar-refractivity contribution >= 4 is 27.5 Å². The number of nitrogens with zero attached hydrogens (tertiary/aromatic N) is 2. The van der Waals surface area contributed by atoms with Gasteiger partial charge >= 0.3 is 0 Å². The molecule has 2 heterocycles. The zero-order valence-corrected chi connectivity index (χ0v) is 15.5. The predicted molar refractivity (Wildman–Crippen MR) is 106 cm³/mol. The van der Waals surface area contributed by atoms with Crippen LogP contribution < -0.4 is 5.73 Å². The number of nitrogens with two attached hydrogens (primary N) is 1. The third-order valence-corrected chi connectivity index (χ3v) is 6.28. The fourth-order valence-corrected chi connectivity index (χ4v) is 4.74. The summed E-state index contributed by atoms with van der Waals surface area (Å²) < 4.78 is 1.24. The molecule has 5 heteroatoms. The number of amides is 1. The van der Waals surface area contributed by atoms with Crippen LogP contribution in [0, 0.1) is 0 Å². The second-order valence-corrected chi connectivity index (χ2v) is 7.98. The molecule has 1 amide bonds. The van der Waals surface area contributed by atoms with Gasteiger partial charge in [-0.05, 0) is 37.0 Å². The fourth-order valence-electron chi connectivity index (χ4n) is 3.60. The maximum absolute atomic E-state index is 12.7. The molecule has 134 valence electrons. The minimum atomic E-state index is -0.462. The molecule has 1 aliphatic heterocycles. The lowest BCUT2D eigenvalue weighted by atomic mass is 9.96. The number of hydrogen-bond acceptors (Lipinski definition) is 4. The van der Waals surface area contributed by atoms with E-state index in [0.29, 0.717) is 12.3 Å². The number of piperidine rings is 1. The average Bonchev–Trinajstić information content (AvgIpc) is 3.12. The van der Waals surface area contributed by atoms with Gasteiger partial charge < -0.3 is 10.6 Å². The Hall–Kier alpha value is -2.24. The number of thiazole rings is 1. The molecule has 0 bridgehead atoms. The first-order valence-electron chi connectivity index (χ1n) is 9.14. The van der Waals surface area contributed by atoms with E-state index in [0.717, 1.165) is 37.0 Å². The summed E-state index contributed by atoms with van der Waals surface area (Å²) in [6.45, 7) is 1.53. The van der Waals surface area contributed by atoms with Gasteiger partial charge in [0.05, 0.1) is 21.3 Å². The fraction of sp³-hybridized carbons (Fsp3) is 0.333. The van der Waals surface area contributed by atoms with Crippen LogP contribution in [0.15, 0.2) is 54.6 Å². The van der Waals surface area contributed by atoms with Gasteiger partial charge in [0.25, 0.3) is 0 Å². The predicted octanol–water partition coefficient (Wildman–Crippen LogP) is 3.57. The van der Waals surface area contributed by atoms with Crippen molar-refractivity contribution in [3.8, 4) is 0 Å². The Morgan fingerprint density at radius 3 is 2.54 bits per heavy atom. The number of rotatable bonds is 4. The van der Waals surface area contributed by atoms with Gasteiger partial charge in [-0.15, -0.1) is 11.3 Å². The summed E-state index contributed by atoms with van der Waals surface area (Å²) in [5.41, 5.74) is 8.36. The molecule has 1 aromatic heterocycles. The summed E-state index contributed by atoms with van der Waals surface area (Å²) in [4.78, 5) is 19.4. The molecule has 0 spiro atoms. The maximum atomic E-state index is 12.7. The third kappa shape index (κ3) is 3.64. The number of para-hydroxylation sites is 1. The molecular weight excluding hydrogens is 342 g/mol. The van der Waals surface area contributed by atoms with Crippen molar-refractivity contribution in [3.05, 3.63) is 65.2 Å². The first kappa shape index (κ1) is 17.2. The SMILES string of the molecule is NC(Cc1ccccc1)C(=O)N1CCC(c2nc3ccccc3s2)CC1. The molecule has 26 heavy (non-hydrogen) atoms. The highest BCUT2D eigenvalue weighted by atomic mass is 32.1. The Morgan fingerprint density at radius 2 is 1.81 bits per heavy atom. The van der Waals surface area contributed by atoms with Crippen molar-refractivity contribution in [1.29, 1.82) is 0 Å². The van der Waals surface area contributed by atoms with E-state index in [1.54, 1.807) is 11.3 Å². The van der Waals surface area contributed by atoms with E-state index in [9.17, 15) is 4.79 Å². The first-order chi connectivity index (χ1) is 12.7. The van der Waals surface area contributed by atoms with Crippen molar-refractivity contribution in [2.24, 2.45) is 5.73 Å². The van der Waals surface area contributed by atoms with Gasteiger partial charge in [0.1, 0.15) is 0 Å². The monoisotopic (exact) mass is 365 g/mol. The number of carbonyl (C=O) groups is 1. The molecule has 4 rings (SSSR count). The van der Waals surface area contributed by atoms with Crippen molar-refractivity contribution in [2.75, 3.05) is 13.1 Å². The quantitative estimate of drug-likeness (QED) is 0.769. The zero-order valence-electron chi connectivity index (χ0n) is 14.7. The number of fused-ring (bicyclic) bond motifs is 1. The largest absolute Gasteiger partial charge is 0.341 e. The molecule has 0 aliphatic carbocycles. The lowest BCUT2D eigenvalue weighted by Gasteiger charge is -2.32. The molecular formula is C21H23N3OS. The van der Waals surface area contributed by atoms with Crippen LogP contribution in [-0.2, 0) is 11.2 Å². The average molecular weight is 366 g/mol. The highest BCUT2D eigenvalue weighted by molar-refractivity contribution is 7.18. The molecule has 2 N–H and O–H groups in total. The van der Waals surface area contributed by atoms with Gasteiger partial charge in [-0.2, -0.15) is 0 Å². The Morgan fingerprint density at radius 1 is 1.12 bits per heavy atom. The minimum Gasteiger partial charge on any atom is -0.341 e. The van der Waals surface area contributed by atoms with Gasteiger partial charge in [-0.1, -0.05) is 42.5 Å². The van der Waals surface area contributed by atoms with Gasteiger partial charge in [-0.25, -0.2) is 4.98 Å². The molecule has 4 nitrogen and oxygen atoms in total. The van der Waals surface area contributed by atoms with Gasteiger partial charge in [0, 0.05) is 19.0 Å². The highest BCUT2D eigenvalue weighted by Gasteiger charge is 2.28. The van der Waals surface area contributed by atoms with Crippen LogP contribution in [-0.4, -0.2) is 34.9 Å². The number of benzene rings is 2. The van der Waals surface area contributed by atoms with Crippen LogP contribution in [0.3, 0.4) is 0 Å². The van der Waals surface area contributed by atoms with Gasteiger partial charge in [0.15, 0.2) is 0 Å². The Balaban J connectivity index is 1.36. The Bertz CT molecular complexity index is 851. The third-order valence-electron chi connectivity index (χ3n) is 5.08. The second kappa shape index (κ2) is 7.56. The van der Waals surface area contributed by atoms with E-state index in [1.807, 2.05) is 41.3 Å². The minimum absolute atomic E-state index is 0.0663. The number of hydrogen-bond donors (Lipinski definition) is 1. The Labute approximate surface area is 157 Å². The molecule has 1 atom stereocenters. The summed E-state index contributed by atoms with van der Waals surface area (Å²) >= 11 is 1.78. The number of likely N-dealkylation sites (tertiary alicyclic amines) is 1. The number of carbonyl (C=O) groups excluding carboxylic acids is 1. The van der Waals surface area contributed by atoms with Crippen molar-refractivity contribution in [1.82, 2.24) is 9.88 Å². The van der Waals surface area contributed by atoms with E-state index in [-0.39, 0.29) is 5.91 Å².